The fourth-order valence-electron chi connectivity index (χ4n) is 5.00. The Morgan fingerprint density at radius 3 is 2.38 bits per heavy atom. The quantitative estimate of drug-likeness (QED) is 0.380. The summed E-state index contributed by atoms with van der Waals surface area (Å²) in [6.45, 7) is 6.28. The Hall–Kier alpha value is -2.75. The van der Waals surface area contributed by atoms with E-state index in [1.165, 1.54) is 10.0 Å². The third-order valence-electron chi connectivity index (χ3n) is 7.21. The largest absolute Gasteiger partial charge is 0.350 e. The van der Waals surface area contributed by atoms with Crippen LogP contribution in [-0.4, -0.2) is 58.8 Å². The first-order chi connectivity index (χ1) is 18.8. The maximum Gasteiger partial charge on any atom is 0.268 e. The Balaban J connectivity index is 1.95. The van der Waals surface area contributed by atoms with Gasteiger partial charge in [0, 0.05) is 19.4 Å². The van der Waals surface area contributed by atoms with Crippen molar-refractivity contribution in [2.24, 2.45) is 11.7 Å². The highest BCUT2D eigenvalue weighted by Gasteiger charge is 2.41. The first kappa shape index (κ1) is 30.8. The standard InChI is InChI=1S/C30H46N4O5/c1-22(2)19-20-27(35)34(33(30(37)23(3)31)25-15-7-8-16-25)26(17-11-14-24-12-5-4-6-13-24)29(36)32-39-28-18-9-10-21-38-28/h4-6,11-14,22-23,25-26,28H,7-10,15-21,31H2,1-3H3,(H,32,36)/t23-,26+,28?/m0/s1. The summed E-state index contributed by atoms with van der Waals surface area (Å²) in [6.07, 6.45) is 10.3. The van der Waals surface area contributed by atoms with Gasteiger partial charge in [0.2, 0.25) is 5.91 Å². The van der Waals surface area contributed by atoms with Crippen LogP contribution in [0.15, 0.2) is 36.4 Å². The maximum absolute atomic E-state index is 13.9. The van der Waals surface area contributed by atoms with Crippen molar-refractivity contribution in [1.82, 2.24) is 15.5 Å². The number of carbonyl (C=O) groups is 3. The first-order valence-corrected chi connectivity index (χ1v) is 14.5. The zero-order valence-corrected chi connectivity index (χ0v) is 23.7. The molecule has 39 heavy (non-hydrogen) atoms. The van der Waals surface area contributed by atoms with Crippen molar-refractivity contribution in [3.8, 4) is 0 Å². The van der Waals surface area contributed by atoms with Crippen LogP contribution < -0.4 is 11.2 Å². The van der Waals surface area contributed by atoms with Gasteiger partial charge in [-0.25, -0.2) is 20.3 Å². The van der Waals surface area contributed by atoms with Crippen LogP contribution in [0.4, 0.5) is 0 Å². The minimum Gasteiger partial charge on any atom is -0.350 e. The number of nitrogens with one attached hydrogen (secondary N) is 1. The summed E-state index contributed by atoms with van der Waals surface area (Å²) in [6, 6.07) is 7.72. The van der Waals surface area contributed by atoms with E-state index in [4.69, 9.17) is 15.3 Å². The lowest BCUT2D eigenvalue weighted by atomic mass is 10.1. The predicted octanol–water partition coefficient (Wildman–Crippen LogP) is 4.33. The van der Waals surface area contributed by atoms with Gasteiger partial charge >= 0.3 is 0 Å². The van der Waals surface area contributed by atoms with Gasteiger partial charge in [-0.3, -0.25) is 14.4 Å². The Morgan fingerprint density at radius 2 is 1.77 bits per heavy atom. The molecule has 1 saturated carbocycles. The molecule has 2 fully saturated rings. The molecule has 0 radical (unpaired) electrons. The second-order valence-electron chi connectivity index (χ2n) is 11.0. The van der Waals surface area contributed by atoms with Crippen molar-refractivity contribution >= 4 is 23.8 Å². The highest BCUT2D eigenvalue weighted by Crippen LogP contribution is 2.28. The molecule has 9 heteroatoms. The number of amides is 3. The minimum atomic E-state index is -1.00. The van der Waals surface area contributed by atoms with Gasteiger partial charge in [0.15, 0.2) is 6.29 Å². The van der Waals surface area contributed by atoms with Gasteiger partial charge in [0.1, 0.15) is 6.04 Å². The summed E-state index contributed by atoms with van der Waals surface area (Å²) in [5.41, 5.74) is 9.61. The molecule has 0 bridgehead atoms. The summed E-state index contributed by atoms with van der Waals surface area (Å²) in [5.74, 6) is -0.843. The van der Waals surface area contributed by atoms with Crippen LogP contribution in [0.25, 0.3) is 6.08 Å². The number of nitrogens with two attached hydrogens (primary N) is 1. The van der Waals surface area contributed by atoms with E-state index in [0.29, 0.717) is 19.4 Å². The number of carbonyl (C=O) groups excluding carboxylic acids is 3. The third kappa shape index (κ3) is 9.44. The van der Waals surface area contributed by atoms with E-state index < -0.39 is 24.3 Å². The molecule has 2 aliphatic rings. The highest BCUT2D eigenvalue weighted by atomic mass is 16.8. The molecule has 3 amide bonds. The molecule has 1 heterocycles. The van der Waals surface area contributed by atoms with Gasteiger partial charge in [-0.2, -0.15) is 0 Å². The summed E-state index contributed by atoms with van der Waals surface area (Å²) < 4.78 is 5.61. The average Bonchev–Trinajstić information content (AvgIpc) is 3.47. The van der Waals surface area contributed by atoms with Crippen LogP contribution >= 0.6 is 0 Å². The van der Waals surface area contributed by atoms with Gasteiger partial charge in [0.05, 0.1) is 12.1 Å². The van der Waals surface area contributed by atoms with Crippen molar-refractivity contribution in [1.29, 1.82) is 0 Å². The van der Waals surface area contributed by atoms with Crippen LogP contribution in [0.2, 0.25) is 0 Å². The molecule has 1 aliphatic heterocycles. The number of ether oxygens (including phenoxy) is 1. The SMILES string of the molecule is CC(C)CCC(=O)N([C@H](CC=Cc1ccccc1)C(=O)NOC1CCCCO1)N(C(=O)[C@H](C)N)C1CCCC1. The second-order valence-corrected chi connectivity index (χ2v) is 11.0. The molecule has 1 aliphatic carbocycles. The van der Waals surface area contributed by atoms with Gasteiger partial charge in [-0.1, -0.05) is 69.2 Å². The van der Waals surface area contributed by atoms with Crippen LogP contribution in [0.1, 0.15) is 90.5 Å². The fraction of sp³-hybridized carbons (Fsp3) is 0.633. The lowest BCUT2D eigenvalue weighted by Gasteiger charge is -2.43. The van der Waals surface area contributed by atoms with Crippen LogP contribution in [0.5, 0.6) is 0 Å². The molecule has 1 aromatic rings. The van der Waals surface area contributed by atoms with E-state index in [2.05, 4.69) is 5.48 Å². The molecule has 0 spiro atoms. The first-order valence-electron chi connectivity index (χ1n) is 14.5. The number of benzene rings is 1. The summed E-state index contributed by atoms with van der Waals surface area (Å²) in [4.78, 5) is 46.8. The van der Waals surface area contributed by atoms with Gasteiger partial charge in [-0.15, -0.1) is 0 Å². The molecule has 1 saturated heterocycles. The van der Waals surface area contributed by atoms with Gasteiger partial charge in [0.25, 0.3) is 11.8 Å². The topological polar surface area (TPSA) is 114 Å². The summed E-state index contributed by atoms with van der Waals surface area (Å²) in [7, 11) is 0. The van der Waals surface area contributed by atoms with Crippen molar-refractivity contribution in [3.63, 3.8) is 0 Å². The zero-order chi connectivity index (χ0) is 28.2. The number of nitrogens with zero attached hydrogens (tertiary/aromatic N) is 2. The van der Waals surface area contributed by atoms with Crippen LogP contribution in [0.3, 0.4) is 0 Å². The minimum absolute atomic E-state index is 0.192. The molecule has 1 aromatic carbocycles. The van der Waals surface area contributed by atoms with E-state index in [9.17, 15) is 14.4 Å². The fourth-order valence-corrected chi connectivity index (χ4v) is 5.00. The van der Waals surface area contributed by atoms with E-state index in [1.807, 2.05) is 56.3 Å². The maximum atomic E-state index is 13.9. The summed E-state index contributed by atoms with van der Waals surface area (Å²) >= 11 is 0. The number of hydrazine groups is 1. The second kappa shape index (κ2) is 15.7. The van der Waals surface area contributed by atoms with Crippen molar-refractivity contribution in [3.05, 3.63) is 42.0 Å². The molecule has 0 aromatic heterocycles. The van der Waals surface area contributed by atoms with Crippen molar-refractivity contribution in [2.45, 2.75) is 109 Å². The normalized spacial score (nSPS) is 19.7. The van der Waals surface area contributed by atoms with Crippen molar-refractivity contribution < 1.29 is 24.0 Å². The van der Waals surface area contributed by atoms with Crippen molar-refractivity contribution in [2.75, 3.05) is 6.61 Å². The summed E-state index contributed by atoms with van der Waals surface area (Å²) in [5, 5.41) is 2.89. The number of hydrogen-bond donors (Lipinski definition) is 2. The zero-order valence-electron chi connectivity index (χ0n) is 23.7. The lowest BCUT2D eigenvalue weighted by Crippen LogP contribution is -2.63. The van der Waals surface area contributed by atoms with Crippen LogP contribution in [-0.2, 0) is 24.0 Å². The van der Waals surface area contributed by atoms with E-state index >= 15 is 0 Å². The molecule has 216 valence electrons. The monoisotopic (exact) mass is 542 g/mol. The molecular weight excluding hydrogens is 496 g/mol. The van der Waals surface area contributed by atoms with Gasteiger partial charge in [-0.05, 0) is 56.9 Å². The Bertz CT molecular complexity index is 940. The number of rotatable bonds is 12. The van der Waals surface area contributed by atoms with Gasteiger partial charge < -0.3 is 10.5 Å². The number of hydrogen-bond acceptors (Lipinski definition) is 6. The molecule has 3 N–H and O–H groups in total. The number of hydroxylamine groups is 1. The third-order valence-corrected chi connectivity index (χ3v) is 7.21. The van der Waals surface area contributed by atoms with E-state index in [1.54, 1.807) is 6.92 Å². The van der Waals surface area contributed by atoms with E-state index in [-0.39, 0.29) is 36.6 Å². The molecule has 1 unspecified atom stereocenters. The smallest absolute Gasteiger partial charge is 0.268 e. The van der Waals surface area contributed by atoms with Crippen LogP contribution in [0, 0.1) is 5.92 Å². The lowest BCUT2D eigenvalue weighted by molar-refractivity contribution is -0.207. The molecular formula is C30H46N4O5. The molecule has 9 nitrogen and oxygen atoms in total. The Labute approximate surface area is 233 Å². The molecule has 3 atom stereocenters. The Morgan fingerprint density at radius 1 is 1.08 bits per heavy atom. The average molecular weight is 543 g/mol. The highest BCUT2D eigenvalue weighted by molar-refractivity contribution is 5.90. The Kier molecular flexibility index (Phi) is 12.4. The predicted molar refractivity (Wildman–Crippen MR) is 150 cm³/mol. The molecule has 3 rings (SSSR count). The van der Waals surface area contributed by atoms with E-state index in [0.717, 1.165) is 44.1 Å².